The summed E-state index contributed by atoms with van der Waals surface area (Å²) in [5, 5.41) is 0. The van der Waals surface area contributed by atoms with E-state index >= 15 is 0 Å². The van der Waals surface area contributed by atoms with Crippen LogP contribution in [0.1, 0.15) is 4.28 Å². The second kappa shape index (κ2) is 6.48. The average Bonchev–Trinajstić information content (AvgIpc) is 0.722. The Morgan fingerprint density at radius 1 is 1.00 bits per heavy atom. The molecule has 0 nitrogen and oxygen atoms in total. The maximum absolute atomic E-state index is 9.75. The monoisotopic (exact) mass is 251 g/mol. The standard InChI is InChI=1S/BF4.Ba.Na.3H/c2-1(3,4)5;;;;;/q-1;+2;+1;3*-1. The third kappa shape index (κ3) is 60.8. The van der Waals surface area contributed by atoms with Gasteiger partial charge in [0.2, 0.25) is 0 Å². The van der Waals surface area contributed by atoms with Crippen LogP contribution < -0.4 is 29.6 Å². The third-order valence-corrected chi connectivity index (χ3v) is 0. The molecule has 0 rings (SSSR count). The molecule has 0 unspecified atom stereocenters. The minimum Gasteiger partial charge on any atom is -1.00 e. The van der Waals surface area contributed by atoms with Gasteiger partial charge in [0.15, 0.2) is 0 Å². The maximum Gasteiger partial charge on any atom is 2.00 e. The average molecular weight is 250 g/mol. The van der Waals surface area contributed by atoms with Crippen molar-refractivity contribution in [2.24, 2.45) is 0 Å². The SMILES string of the molecule is F[B-](F)(F)F.[Ba+2].[H-].[H-].[H-].[Na+]. The molecule has 0 aromatic carbocycles. The van der Waals surface area contributed by atoms with Crippen LogP contribution in [0.2, 0.25) is 0 Å². The van der Waals surface area contributed by atoms with Crippen molar-refractivity contribution in [3.05, 3.63) is 0 Å². The van der Waals surface area contributed by atoms with Gasteiger partial charge >= 0.3 is 85.7 Å². The number of hydrogen-bond donors (Lipinski definition) is 0. The van der Waals surface area contributed by atoms with Gasteiger partial charge in [-0.1, -0.05) is 0 Å². The van der Waals surface area contributed by atoms with E-state index < -0.39 is 7.25 Å². The molecule has 7 heteroatoms. The predicted molar refractivity (Wildman–Crippen MR) is 19.3 cm³/mol. The Hall–Kier alpha value is 2.36. The zero-order valence-corrected chi connectivity index (χ0v) is 10.2. The maximum atomic E-state index is 9.75. The van der Waals surface area contributed by atoms with Gasteiger partial charge in [0, 0.05) is 0 Å². The molecule has 0 amide bonds. The second-order valence-electron chi connectivity index (χ2n) is 0.495. The Balaban J connectivity index is -0.00000000800. The number of halogens is 4. The summed E-state index contributed by atoms with van der Waals surface area (Å²) in [4.78, 5) is 0. The van der Waals surface area contributed by atoms with Gasteiger partial charge in [0.05, 0.1) is 0 Å². The normalized spacial score (nSPS) is 8.57. The zero-order valence-electron chi connectivity index (χ0n) is 6.80. The summed E-state index contributed by atoms with van der Waals surface area (Å²) in [7, 11) is -6.00. The topological polar surface area (TPSA) is 0 Å². The van der Waals surface area contributed by atoms with Gasteiger partial charge in [-0.05, 0) is 0 Å². The zero-order chi connectivity index (χ0) is 4.50. The van der Waals surface area contributed by atoms with Crippen LogP contribution in [0.3, 0.4) is 0 Å². The molecule has 0 saturated carbocycles. The van der Waals surface area contributed by atoms with E-state index in [0.717, 1.165) is 0 Å². The van der Waals surface area contributed by atoms with E-state index in [-0.39, 0.29) is 82.7 Å². The number of hydrogen-bond acceptors (Lipinski definition) is 0. The van der Waals surface area contributed by atoms with E-state index in [2.05, 4.69) is 0 Å². The first-order valence-corrected chi connectivity index (χ1v) is 0.873. The minimum atomic E-state index is -6.00. The van der Waals surface area contributed by atoms with Crippen LogP contribution in [0.4, 0.5) is 17.3 Å². The smallest absolute Gasteiger partial charge is 1.00 e. The fourth-order valence-electron chi connectivity index (χ4n) is 0. The quantitative estimate of drug-likeness (QED) is 0.354. The molecular formula is H3BBaF4Na-. The Morgan fingerprint density at radius 3 is 1.00 bits per heavy atom. The van der Waals surface area contributed by atoms with Gasteiger partial charge in [-0.3, -0.25) is 0 Å². The summed E-state index contributed by atoms with van der Waals surface area (Å²) < 4.78 is 39.0. The van der Waals surface area contributed by atoms with Crippen LogP contribution in [-0.2, 0) is 0 Å². The molecule has 0 radical (unpaired) electrons. The van der Waals surface area contributed by atoms with Crippen molar-refractivity contribution >= 4 is 56.1 Å². The minimum absolute atomic E-state index is 0. The molecule has 0 bridgehead atoms. The van der Waals surface area contributed by atoms with Crippen LogP contribution in [0.25, 0.3) is 0 Å². The molecule has 7 heavy (non-hydrogen) atoms. The van der Waals surface area contributed by atoms with E-state index in [1.165, 1.54) is 0 Å². The van der Waals surface area contributed by atoms with Crippen LogP contribution >= 0.6 is 0 Å². The molecular weight excluding hydrogens is 247 g/mol. The molecule has 0 N–H and O–H groups in total. The van der Waals surface area contributed by atoms with E-state index in [0.29, 0.717) is 0 Å². The third-order valence-electron chi connectivity index (χ3n) is 0. The summed E-state index contributed by atoms with van der Waals surface area (Å²) in [5.41, 5.74) is 0. The van der Waals surface area contributed by atoms with Crippen LogP contribution in [0, 0.1) is 0 Å². The van der Waals surface area contributed by atoms with Gasteiger partial charge in [-0.2, -0.15) is 0 Å². The molecule has 0 atom stereocenters. The molecule has 38 valence electrons. The molecule has 0 heterocycles. The first kappa shape index (κ1) is 16.2. The molecule has 0 aromatic heterocycles. The van der Waals surface area contributed by atoms with Crippen LogP contribution in [0.5, 0.6) is 0 Å². The summed E-state index contributed by atoms with van der Waals surface area (Å²) in [5.74, 6) is 0. The van der Waals surface area contributed by atoms with Crippen LogP contribution in [-0.4, -0.2) is 56.1 Å². The van der Waals surface area contributed by atoms with Gasteiger partial charge < -0.3 is 21.5 Å². The van der Waals surface area contributed by atoms with E-state index in [1.807, 2.05) is 0 Å². The van der Waals surface area contributed by atoms with Gasteiger partial charge in [-0.25, -0.2) is 0 Å². The first-order valence-electron chi connectivity index (χ1n) is 0.873. The van der Waals surface area contributed by atoms with Gasteiger partial charge in [0.1, 0.15) is 0 Å². The first-order chi connectivity index (χ1) is 2.00. The summed E-state index contributed by atoms with van der Waals surface area (Å²) in [6, 6.07) is 0. The van der Waals surface area contributed by atoms with E-state index in [9.17, 15) is 17.3 Å². The predicted octanol–water partition coefficient (Wildman–Crippen LogP) is -1.74. The summed E-state index contributed by atoms with van der Waals surface area (Å²) in [6.07, 6.45) is 0. The summed E-state index contributed by atoms with van der Waals surface area (Å²) in [6.45, 7) is 0. The number of rotatable bonds is 0. The van der Waals surface area contributed by atoms with Crippen molar-refractivity contribution in [2.45, 2.75) is 0 Å². The van der Waals surface area contributed by atoms with Crippen molar-refractivity contribution in [2.75, 3.05) is 0 Å². The molecule has 0 aromatic rings. The Morgan fingerprint density at radius 2 is 1.00 bits per heavy atom. The molecule has 0 aliphatic heterocycles. The van der Waals surface area contributed by atoms with E-state index in [1.54, 1.807) is 0 Å². The van der Waals surface area contributed by atoms with E-state index in [4.69, 9.17) is 0 Å². The van der Waals surface area contributed by atoms with Crippen molar-refractivity contribution in [1.29, 1.82) is 0 Å². The Bertz CT molecular complexity index is 36.0. The van der Waals surface area contributed by atoms with Crippen LogP contribution in [0.15, 0.2) is 0 Å². The van der Waals surface area contributed by atoms with Gasteiger partial charge in [-0.15, -0.1) is 0 Å². The molecule has 0 fully saturated rings. The summed E-state index contributed by atoms with van der Waals surface area (Å²) >= 11 is 0. The fraction of sp³-hybridized carbons (Fsp3) is 0. The van der Waals surface area contributed by atoms with Crippen molar-refractivity contribution < 1.29 is 51.1 Å². The largest absolute Gasteiger partial charge is 2.00 e. The molecule has 0 spiro atoms. The Labute approximate surface area is 105 Å². The molecule has 0 saturated heterocycles. The molecule has 0 aliphatic carbocycles. The van der Waals surface area contributed by atoms with Crippen molar-refractivity contribution in [3.8, 4) is 0 Å². The second-order valence-corrected chi connectivity index (χ2v) is 0.495. The van der Waals surface area contributed by atoms with Gasteiger partial charge in [0.25, 0.3) is 0 Å². The molecule has 0 aliphatic rings. The van der Waals surface area contributed by atoms with Crippen molar-refractivity contribution in [1.82, 2.24) is 0 Å². The Kier molecular flexibility index (Phi) is 15.0. The van der Waals surface area contributed by atoms with Crippen molar-refractivity contribution in [3.63, 3.8) is 0 Å². The fourth-order valence-corrected chi connectivity index (χ4v) is 0.